The van der Waals surface area contributed by atoms with Crippen molar-refractivity contribution in [2.45, 2.75) is 23.3 Å². The number of nitrogens with zero attached hydrogens (tertiary/aromatic N) is 1. The first kappa shape index (κ1) is 23.0. The summed E-state index contributed by atoms with van der Waals surface area (Å²) in [6.45, 7) is 1.14. The maximum absolute atomic E-state index is 14.2. The number of anilines is 1. The van der Waals surface area contributed by atoms with Crippen LogP contribution < -0.4 is 5.32 Å². The van der Waals surface area contributed by atoms with Crippen molar-refractivity contribution in [2.75, 3.05) is 18.1 Å². The molecule has 0 unspecified atom stereocenters. The lowest BCUT2D eigenvalue weighted by molar-refractivity contribution is -0.116. The smallest absolute Gasteiger partial charge is 0.243 e. The number of carbonyl (C=O) groups is 1. The number of rotatable bonds is 8. The number of hydrogen-bond donors (Lipinski definition) is 1. The van der Waals surface area contributed by atoms with Crippen molar-refractivity contribution in [3.8, 4) is 0 Å². The van der Waals surface area contributed by atoms with Crippen LogP contribution >= 0.6 is 11.8 Å². The third-order valence-electron chi connectivity index (χ3n) is 4.64. The Morgan fingerprint density at radius 2 is 1.74 bits per heavy atom. The molecule has 0 heterocycles. The first-order chi connectivity index (χ1) is 14.8. The molecule has 3 aromatic rings. The van der Waals surface area contributed by atoms with E-state index in [2.05, 4.69) is 5.32 Å². The van der Waals surface area contributed by atoms with Gasteiger partial charge in [0.1, 0.15) is 5.82 Å². The van der Waals surface area contributed by atoms with Crippen LogP contribution in [0, 0.1) is 12.7 Å². The van der Waals surface area contributed by atoms with Gasteiger partial charge in [-0.1, -0.05) is 42.0 Å². The van der Waals surface area contributed by atoms with Gasteiger partial charge in [0.25, 0.3) is 0 Å². The van der Waals surface area contributed by atoms with Crippen LogP contribution in [0.5, 0.6) is 0 Å². The molecule has 162 valence electrons. The summed E-state index contributed by atoms with van der Waals surface area (Å²) >= 11 is 1.53. The van der Waals surface area contributed by atoms with Gasteiger partial charge in [0.15, 0.2) is 0 Å². The molecular weight excluding hydrogens is 435 g/mol. The Kier molecular flexibility index (Phi) is 7.48. The second kappa shape index (κ2) is 10.1. The van der Waals surface area contributed by atoms with Crippen LogP contribution in [0.25, 0.3) is 0 Å². The molecule has 8 heteroatoms. The average molecular weight is 459 g/mol. The Morgan fingerprint density at radius 1 is 1.03 bits per heavy atom. The van der Waals surface area contributed by atoms with Crippen molar-refractivity contribution in [3.05, 3.63) is 89.7 Å². The largest absolute Gasteiger partial charge is 0.325 e. The summed E-state index contributed by atoms with van der Waals surface area (Å²) in [5, 5.41) is 2.73. The van der Waals surface area contributed by atoms with E-state index in [-0.39, 0.29) is 17.0 Å². The van der Waals surface area contributed by atoms with Crippen molar-refractivity contribution in [2.24, 2.45) is 0 Å². The number of amides is 1. The second-order valence-corrected chi connectivity index (χ2v) is 9.78. The molecule has 1 N–H and O–H groups in total. The zero-order chi connectivity index (χ0) is 22.4. The maximum atomic E-state index is 14.2. The van der Waals surface area contributed by atoms with Crippen LogP contribution in [-0.2, 0) is 21.4 Å². The molecular formula is C23H23FN2O3S2. The molecule has 0 bridgehead atoms. The quantitative estimate of drug-likeness (QED) is 0.498. The van der Waals surface area contributed by atoms with E-state index >= 15 is 0 Å². The number of sulfonamides is 1. The fourth-order valence-electron chi connectivity index (χ4n) is 2.96. The lowest BCUT2D eigenvalue weighted by Gasteiger charge is -2.22. The first-order valence-corrected chi connectivity index (χ1v) is 12.2. The van der Waals surface area contributed by atoms with Crippen LogP contribution in [0.15, 0.2) is 82.6 Å². The SMILES string of the molecule is CSc1cccc(NC(=O)CN(Cc2ccccc2F)S(=O)(=O)c2ccc(C)cc2)c1. The van der Waals surface area contributed by atoms with Crippen LogP contribution in [0.4, 0.5) is 10.1 Å². The highest BCUT2D eigenvalue weighted by Gasteiger charge is 2.27. The van der Waals surface area contributed by atoms with Gasteiger partial charge in [0.05, 0.1) is 11.4 Å². The van der Waals surface area contributed by atoms with Gasteiger partial charge in [-0.3, -0.25) is 4.79 Å². The monoisotopic (exact) mass is 458 g/mol. The molecule has 3 aromatic carbocycles. The predicted molar refractivity (Wildman–Crippen MR) is 122 cm³/mol. The van der Waals surface area contributed by atoms with Gasteiger partial charge in [0.2, 0.25) is 15.9 Å². The minimum atomic E-state index is -4.03. The highest BCUT2D eigenvalue weighted by molar-refractivity contribution is 7.98. The molecule has 0 fully saturated rings. The Morgan fingerprint density at radius 3 is 2.42 bits per heavy atom. The number of halogens is 1. The lowest BCUT2D eigenvalue weighted by Crippen LogP contribution is -2.37. The van der Waals surface area contributed by atoms with E-state index in [0.29, 0.717) is 5.69 Å². The molecule has 0 spiro atoms. The van der Waals surface area contributed by atoms with Crippen molar-refractivity contribution in [1.82, 2.24) is 4.31 Å². The average Bonchev–Trinajstić information content (AvgIpc) is 2.75. The van der Waals surface area contributed by atoms with Gasteiger partial charge in [-0.15, -0.1) is 11.8 Å². The molecule has 0 aliphatic heterocycles. The number of benzene rings is 3. The molecule has 0 aromatic heterocycles. The number of carbonyl (C=O) groups excluding carboxylic acids is 1. The third-order valence-corrected chi connectivity index (χ3v) is 7.17. The van der Waals surface area contributed by atoms with E-state index in [1.165, 1.54) is 42.1 Å². The van der Waals surface area contributed by atoms with Crippen molar-refractivity contribution in [3.63, 3.8) is 0 Å². The molecule has 0 atom stereocenters. The Bertz CT molecular complexity index is 1170. The zero-order valence-corrected chi connectivity index (χ0v) is 18.8. The Labute approximate surface area is 186 Å². The minimum Gasteiger partial charge on any atom is -0.325 e. The van der Waals surface area contributed by atoms with E-state index in [0.717, 1.165) is 14.8 Å². The highest BCUT2D eigenvalue weighted by atomic mass is 32.2. The summed E-state index contributed by atoms with van der Waals surface area (Å²) in [5.41, 5.74) is 1.66. The van der Waals surface area contributed by atoms with Crippen LogP contribution in [-0.4, -0.2) is 31.4 Å². The highest BCUT2D eigenvalue weighted by Crippen LogP contribution is 2.22. The predicted octanol–water partition coefficient (Wildman–Crippen LogP) is 4.69. The molecule has 1 amide bonds. The summed E-state index contributed by atoms with van der Waals surface area (Å²) < 4.78 is 41.8. The molecule has 0 aliphatic carbocycles. The second-order valence-electron chi connectivity index (χ2n) is 6.96. The van der Waals surface area contributed by atoms with Gasteiger partial charge in [-0.2, -0.15) is 4.31 Å². The van der Waals surface area contributed by atoms with Gasteiger partial charge in [0, 0.05) is 22.7 Å². The van der Waals surface area contributed by atoms with E-state index < -0.39 is 28.3 Å². The molecule has 5 nitrogen and oxygen atoms in total. The topological polar surface area (TPSA) is 66.5 Å². The molecule has 0 aliphatic rings. The number of hydrogen-bond acceptors (Lipinski definition) is 4. The Hall–Kier alpha value is -2.68. The van der Waals surface area contributed by atoms with Crippen molar-refractivity contribution < 1.29 is 17.6 Å². The van der Waals surface area contributed by atoms with Gasteiger partial charge < -0.3 is 5.32 Å². The third kappa shape index (κ3) is 5.94. The molecule has 0 saturated heterocycles. The van der Waals surface area contributed by atoms with Gasteiger partial charge in [-0.25, -0.2) is 12.8 Å². The summed E-state index contributed by atoms with van der Waals surface area (Å²) in [6.07, 6.45) is 1.92. The van der Waals surface area contributed by atoms with E-state index in [1.54, 1.807) is 30.3 Å². The fourth-order valence-corrected chi connectivity index (χ4v) is 4.80. The van der Waals surface area contributed by atoms with E-state index in [1.807, 2.05) is 25.3 Å². The summed E-state index contributed by atoms with van der Waals surface area (Å²) in [5.74, 6) is -1.04. The van der Waals surface area contributed by atoms with Gasteiger partial charge in [-0.05, 0) is 49.6 Å². The van der Waals surface area contributed by atoms with Crippen LogP contribution in [0.3, 0.4) is 0 Å². The molecule has 3 rings (SSSR count). The number of nitrogens with one attached hydrogen (secondary N) is 1. The zero-order valence-electron chi connectivity index (χ0n) is 17.2. The van der Waals surface area contributed by atoms with Crippen molar-refractivity contribution >= 4 is 33.4 Å². The first-order valence-electron chi connectivity index (χ1n) is 9.54. The van der Waals surface area contributed by atoms with E-state index in [4.69, 9.17) is 0 Å². The van der Waals surface area contributed by atoms with Crippen molar-refractivity contribution in [1.29, 1.82) is 0 Å². The normalized spacial score (nSPS) is 11.5. The fraction of sp³-hybridized carbons (Fsp3) is 0.174. The Balaban J connectivity index is 1.88. The standard InChI is InChI=1S/C23H23FN2O3S2/c1-17-10-12-21(13-11-17)31(28,29)26(15-18-6-3-4-9-22(18)24)16-23(27)25-19-7-5-8-20(14-19)30-2/h3-14H,15-16H2,1-2H3,(H,25,27). The minimum absolute atomic E-state index is 0.0478. The number of aryl methyl sites for hydroxylation is 1. The maximum Gasteiger partial charge on any atom is 0.243 e. The number of thioether (sulfide) groups is 1. The lowest BCUT2D eigenvalue weighted by atomic mass is 10.2. The van der Waals surface area contributed by atoms with Crippen LogP contribution in [0.1, 0.15) is 11.1 Å². The van der Waals surface area contributed by atoms with E-state index in [9.17, 15) is 17.6 Å². The van der Waals surface area contributed by atoms with Gasteiger partial charge >= 0.3 is 0 Å². The molecule has 31 heavy (non-hydrogen) atoms. The summed E-state index contributed by atoms with van der Waals surface area (Å²) in [7, 11) is -4.03. The molecule has 0 radical (unpaired) electrons. The van der Waals surface area contributed by atoms with Crippen LogP contribution in [0.2, 0.25) is 0 Å². The summed E-state index contributed by atoms with van der Waals surface area (Å²) in [4.78, 5) is 13.7. The molecule has 0 saturated carbocycles. The summed E-state index contributed by atoms with van der Waals surface area (Å²) in [6, 6.07) is 19.5.